The van der Waals surface area contributed by atoms with Crippen LogP contribution in [0.2, 0.25) is 0 Å². The fraction of sp³-hybridized carbons (Fsp3) is 0.867. The number of ether oxygens (including phenoxy) is 3. The Hall–Kier alpha value is -1.44. The van der Waals surface area contributed by atoms with E-state index in [0.717, 1.165) is 24.8 Å². The molecule has 0 aromatic heterocycles. The Bertz CT molecular complexity index is 1170. The molecule has 5 aliphatic carbocycles. The van der Waals surface area contributed by atoms with E-state index in [2.05, 4.69) is 20.8 Å². The first-order valence-electron chi connectivity index (χ1n) is 14.5. The molecule has 2 N–H and O–H groups in total. The van der Waals surface area contributed by atoms with Crippen molar-refractivity contribution in [1.82, 2.24) is 0 Å². The van der Waals surface area contributed by atoms with Crippen molar-refractivity contribution < 1.29 is 34.0 Å². The lowest BCUT2D eigenvalue weighted by atomic mass is 9.54. The van der Waals surface area contributed by atoms with Crippen LogP contribution in [-0.4, -0.2) is 57.3 Å². The van der Waals surface area contributed by atoms with Crippen LogP contribution in [0.25, 0.3) is 0 Å². The summed E-state index contributed by atoms with van der Waals surface area (Å²) in [5, 5.41) is 24.2. The second-order valence-corrected chi connectivity index (χ2v) is 14.7. The van der Waals surface area contributed by atoms with Crippen LogP contribution in [0.15, 0.2) is 11.1 Å². The number of hydrogen-bond donors (Lipinski definition) is 2. The molecule has 0 radical (unpaired) electrons. The zero-order valence-corrected chi connectivity index (χ0v) is 22.7. The molecule has 0 aromatic rings. The first-order chi connectivity index (χ1) is 17.3. The lowest BCUT2D eigenvalue weighted by molar-refractivity contribution is -0.254. The third-order valence-corrected chi connectivity index (χ3v) is 13.5. The van der Waals surface area contributed by atoms with Crippen LogP contribution >= 0.6 is 0 Å². The van der Waals surface area contributed by atoms with Gasteiger partial charge in [0, 0.05) is 23.7 Å². The SMILES string of the molecule is CC1=C2[C@H]3OC(=O)[C@@H](C)[C@@H]3CC[C@](C)(O)[C@H]2[C@H]2[C@@H]3[C@@H]4[C@@]5([C@H]6OC(=O)[C@@H](C)[C@@H]6CC[C@]4(C)O[C@]5(C)[C@H]3O)[C@@H]12. The lowest BCUT2D eigenvalue weighted by Gasteiger charge is -2.55. The fourth-order valence-electron chi connectivity index (χ4n) is 12.3. The third-order valence-electron chi connectivity index (χ3n) is 13.5. The Morgan fingerprint density at radius 3 is 2.27 bits per heavy atom. The van der Waals surface area contributed by atoms with Gasteiger partial charge in [0.05, 0.1) is 34.6 Å². The molecule has 8 rings (SSSR count). The predicted molar refractivity (Wildman–Crippen MR) is 131 cm³/mol. The summed E-state index contributed by atoms with van der Waals surface area (Å²) in [6.07, 6.45) is 1.71. The topological polar surface area (TPSA) is 102 Å². The summed E-state index contributed by atoms with van der Waals surface area (Å²) in [4.78, 5) is 25.8. The van der Waals surface area contributed by atoms with Crippen LogP contribution in [-0.2, 0) is 23.8 Å². The van der Waals surface area contributed by atoms with Gasteiger partial charge in [-0.1, -0.05) is 19.4 Å². The third kappa shape index (κ3) is 2.18. The molecule has 7 nitrogen and oxygen atoms in total. The van der Waals surface area contributed by atoms with Crippen molar-refractivity contribution in [2.24, 2.45) is 58.7 Å². The molecule has 3 saturated heterocycles. The first-order valence-corrected chi connectivity index (χ1v) is 14.5. The number of aliphatic hydroxyl groups is 2. The highest BCUT2D eigenvalue weighted by atomic mass is 16.6. The summed E-state index contributed by atoms with van der Waals surface area (Å²) < 4.78 is 19.4. The van der Waals surface area contributed by atoms with E-state index in [1.54, 1.807) is 0 Å². The van der Waals surface area contributed by atoms with Gasteiger partial charge in [-0.05, 0) is 76.7 Å². The molecule has 37 heavy (non-hydrogen) atoms. The molecule has 0 spiro atoms. The molecule has 8 aliphatic rings. The van der Waals surface area contributed by atoms with Gasteiger partial charge in [-0.15, -0.1) is 0 Å². The van der Waals surface area contributed by atoms with Gasteiger partial charge in [0.2, 0.25) is 0 Å². The molecule has 5 bridgehead atoms. The normalized spacial score (nSPS) is 64.5. The van der Waals surface area contributed by atoms with E-state index in [4.69, 9.17) is 14.2 Å². The molecule has 0 unspecified atom stereocenters. The van der Waals surface area contributed by atoms with Gasteiger partial charge in [0.25, 0.3) is 0 Å². The quantitative estimate of drug-likeness (QED) is 0.380. The second kappa shape index (κ2) is 6.47. The van der Waals surface area contributed by atoms with Crippen LogP contribution < -0.4 is 0 Å². The Morgan fingerprint density at radius 1 is 0.892 bits per heavy atom. The van der Waals surface area contributed by atoms with Crippen molar-refractivity contribution >= 4 is 11.9 Å². The van der Waals surface area contributed by atoms with E-state index in [1.807, 2.05) is 20.8 Å². The van der Waals surface area contributed by atoms with Crippen LogP contribution in [0.1, 0.15) is 67.2 Å². The van der Waals surface area contributed by atoms with Gasteiger partial charge < -0.3 is 24.4 Å². The second-order valence-electron chi connectivity index (χ2n) is 14.7. The maximum absolute atomic E-state index is 13.1. The van der Waals surface area contributed by atoms with E-state index in [-0.39, 0.29) is 77.4 Å². The molecule has 3 aliphatic heterocycles. The summed E-state index contributed by atoms with van der Waals surface area (Å²) in [6.45, 7) is 12.4. The highest BCUT2D eigenvalue weighted by Gasteiger charge is 2.91. The van der Waals surface area contributed by atoms with Gasteiger partial charge in [0.1, 0.15) is 17.8 Å². The van der Waals surface area contributed by atoms with Crippen molar-refractivity contribution in [2.45, 2.75) is 102 Å². The summed E-state index contributed by atoms with van der Waals surface area (Å²) in [6, 6.07) is 0. The van der Waals surface area contributed by atoms with E-state index < -0.39 is 28.3 Å². The highest BCUT2D eigenvalue weighted by Crippen LogP contribution is 2.85. The monoisotopic (exact) mass is 512 g/mol. The molecule has 3 heterocycles. The van der Waals surface area contributed by atoms with Crippen LogP contribution in [0.3, 0.4) is 0 Å². The molecule has 0 aromatic carbocycles. The lowest BCUT2D eigenvalue weighted by Crippen LogP contribution is -2.64. The van der Waals surface area contributed by atoms with E-state index >= 15 is 0 Å². The number of carbonyl (C=O) groups is 2. The minimum Gasteiger partial charge on any atom is -0.461 e. The van der Waals surface area contributed by atoms with Gasteiger partial charge in [-0.25, -0.2) is 0 Å². The number of hydrogen-bond acceptors (Lipinski definition) is 7. The molecular formula is C30H40O7. The smallest absolute Gasteiger partial charge is 0.309 e. The summed E-state index contributed by atoms with van der Waals surface area (Å²) >= 11 is 0. The van der Waals surface area contributed by atoms with Gasteiger partial charge >= 0.3 is 11.9 Å². The summed E-state index contributed by atoms with van der Waals surface area (Å²) in [5.41, 5.74) is -0.528. The van der Waals surface area contributed by atoms with Crippen molar-refractivity contribution in [3.63, 3.8) is 0 Å². The van der Waals surface area contributed by atoms with Gasteiger partial charge in [-0.2, -0.15) is 0 Å². The maximum Gasteiger partial charge on any atom is 0.309 e. The number of esters is 2. The van der Waals surface area contributed by atoms with Crippen LogP contribution in [0, 0.1) is 58.7 Å². The molecule has 202 valence electrons. The zero-order chi connectivity index (χ0) is 26.2. The molecular weight excluding hydrogens is 472 g/mol. The average Bonchev–Trinajstić information content (AvgIpc) is 3.53. The predicted octanol–water partition coefficient (Wildman–Crippen LogP) is 3.01. The average molecular weight is 513 g/mol. The number of aliphatic hydroxyl groups excluding tert-OH is 1. The Morgan fingerprint density at radius 2 is 1.54 bits per heavy atom. The molecule has 7 fully saturated rings. The van der Waals surface area contributed by atoms with Gasteiger partial charge in [0.15, 0.2) is 0 Å². The highest BCUT2D eigenvalue weighted by molar-refractivity contribution is 5.76. The van der Waals surface area contributed by atoms with E-state index in [1.165, 1.54) is 5.57 Å². The summed E-state index contributed by atoms with van der Waals surface area (Å²) in [7, 11) is 0. The van der Waals surface area contributed by atoms with Crippen molar-refractivity contribution in [3.05, 3.63) is 11.1 Å². The van der Waals surface area contributed by atoms with E-state index in [9.17, 15) is 19.8 Å². The molecule has 0 amide bonds. The number of fused-ring (bicyclic) bond motifs is 7. The largest absolute Gasteiger partial charge is 0.461 e. The van der Waals surface area contributed by atoms with Crippen LogP contribution in [0.4, 0.5) is 0 Å². The number of rotatable bonds is 0. The van der Waals surface area contributed by atoms with Gasteiger partial charge in [-0.3, -0.25) is 9.59 Å². The standard InChI is InChI=1S/C30H40O7/c1-11-14-7-9-27(4,34)20-16(21(14)35-25(11)32)13(3)19-17(20)18-22-28(5)10-8-15-12(2)26(33)36-24(15)30(19,22)29(6,37-28)23(18)31/h11-12,14-15,17-24,31,34H,7-10H2,1-6H3/t11-,12-,14-,15-,17-,18+,19-,20+,21-,22-,23-,24-,27-,28-,29+,30+/m0/s1. The maximum atomic E-state index is 13.1. The fourth-order valence-corrected chi connectivity index (χ4v) is 12.3. The van der Waals surface area contributed by atoms with E-state index in [0.29, 0.717) is 6.42 Å². The molecule has 7 heteroatoms. The van der Waals surface area contributed by atoms with Crippen LogP contribution in [0.5, 0.6) is 0 Å². The Kier molecular flexibility index (Phi) is 4.10. The summed E-state index contributed by atoms with van der Waals surface area (Å²) in [5.74, 6) is -0.748. The first kappa shape index (κ1) is 23.4. The van der Waals surface area contributed by atoms with Crippen molar-refractivity contribution in [3.8, 4) is 0 Å². The molecule has 4 saturated carbocycles. The Labute approximate surface area is 218 Å². The number of allylic oxidation sites excluding steroid dienone is 1. The minimum absolute atomic E-state index is 0.00116. The minimum atomic E-state index is -0.974. The van der Waals surface area contributed by atoms with Crippen molar-refractivity contribution in [2.75, 3.05) is 0 Å². The van der Waals surface area contributed by atoms with Crippen molar-refractivity contribution in [1.29, 1.82) is 0 Å². The number of carbonyl (C=O) groups excluding carboxylic acids is 2. The Balaban J connectivity index is 1.39. The molecule has 16 atom stereocenters. The zero-order valence-electron chi connectivity index (χ0n) is 22.7.